The van der Waals surface area contributed by atoms with Crippen LogP contribution in [0, 0.1) is 20.8 Å². The molecule has 0 bridgehead atoms. The van der Waals surface area contributed by atoms with Gasteiger partial charge in [-0.2, -0.15) is 0 Å². The summed E-state index contributed by atoms with van der Waals surface area (Å²) < 4.78 is 7.71. The molecule has 0 fully saturated rings. The lowest BCUT2D eigenvalue weighted by molar-refractivity contribution is 0.280. The minimum atomic E-state index is 0.0941. The Labute approximate surface area is 95.3 Å². The van der Waals surface area contributed by atoms with Gasteiger partial charge in [0.05, 0.1) is 13.2 Å². The van der Waals surface area contributed by atoms with E-state index < -0.39 is 0 Å². The van der Waals surface area contributed by atoms with Crippen molar-refractivity contribution in [3.63, 3.8) is 0 Å². The number of aromatic nitrogens is 1. The predicted octanol–water partition coefficient (Wildman–Crippen LogP) is 2.55. The second kappa shape index (κ2) is 4.18. The molecule has 1 N–H and O–H groups in total. The van der Waals surface area contributed by atoms with Crippen molar-refractivity contribution < 1.29 is 9.52 Å². The van der Waals surface area contributed by atoms with Crippen molar-refractivity contribution in [1.29, 1.82) is 0 Å². The van der Waals surface area contributed by atoms with Gasteiger partial charge < -0.3 is 14.1 Å². The predicted molar refractivity (Wildman–Crippen MR) is 62.4 cm³/mol. The standard InChI is InChI=1S/C13H17NO2/c1-9-6-12(8-15)11(3)14(9)7-13-5-4-10(2)16-13/h4-6,15H,7-8H2,1-3H3. The number of aliphatic hydroxyl groups excluding tert-OH is 1. The van der Waals surface area contributed by atoms with E-state index in [0.717, 1.165) is 35.0 Å². The quantitative estimate of drug-likeness (QED) is 0.861. The first kappa shape index (κ1) is 11.0. The number of aliphatic hydroxyl groups is 1. The highest BCUT2D eigenvalue weighted by molar-refractivity contribution is 5.27. The third kappa shape index (κ3) is 1.91. The molecule has 3 heteroatoms. The van der Waals surface area contributed by atoms with Gasteiger partial charge in [0.25, 0.3) is 0 Å². The van der Waals surface area contributed by atoms with E-state index in [0.29, 0.717) is 0 Å². The number of rotatable bonds is 3. The van der Waals surface area contributed by atoms with E-state index in [9.17, 15) is 5.11 Å². The Kier molecular flexibility index (Phi) is 2.88. The van der Waals surface area contributed by atoms with Crippen LogP contribution in [0.5, 0.6) is 0 Å². The smallest absolute Gasteiger partial charge is 0.123 e. The van der Waals surface area contributed by atoms with Gasteiger partial charge in [-0.15, -0.1) is 0 Å². The van der Waals surface area contributed by atoms with Crippen molar-refractivity contribution in [2.45, 2.75) is 33.9 Å². The van der Waals surface area contributed by atoms with Crippen LogP contribution in [0.2, 0.25) is 0 Å². The molecule has 0 radical (unpaired) electrons. The van der Waals surface area contributed by atoms with E-state index in [1.165, 1.54) is 0 Å². The van der Waals surface area contributed by atoms with Crippen LogP contribution in [0.4, 0.5) is 0 Å². The molecule has 0 saturated heterocycles. The summed E-state index contributed by atoms with van der Waals surface area (Å²) in [4.78, 5) is 0. The maximum atomic E-state index is 9.19. The van der Waals surface area contributed by atoms with Gasteiger partial charge in [-0.3, -0.25) is 0 Å². The molecule has 0 atom stereocenters. The fraction of sp³-hybridized carbons (Fsp3) is 0.385. The summed E-state index contributed by atoms with van der Waals surface area (Å²) in [6.07, 6.45) is 0. The van der Waals surface area contributed by atoms with Gasteiger partial charge in [0.15, 0.2) is 0 Å². The van der Waals surface area contributed by atoms with E-state index >= 15 is 0 Å². The molecule has 0 saturated carbocycles. The van der Waals surface area contributed by atoms with E-state index in [1.807, 2.05) is 39.0 Å². The van der Waals surface area contributed by atoms with Crippen LogP contribution in [-0.2, 0) is 13.2 Å². The molecule has 0 aliphatic heterocycles. The minimum Gasteiger partial charge on any atom is -0.464 e. The largest absolute Gasteiger partial charge is 0.464 e. The zero-order valence-corrected chi connectivity index (χ0v) is 9.95. The molecule has 3 nitrogen and oxygen atoms in total. The molecule has 0 amide bonds. The molecule has 0 aliphatic carbocycles. The zero-order valence-electron chi connectivity index (χ0n) is 9.95. The minimum absolute atomic E-state index is 0.0941. The van der Waals surface area contributed by atoms with E-state index in [-0.39, 0.29) is 6.61 Å². The van der Waals surface area contributed by atoms with Crippen LogP contribution in [0.3, 0.4) is 0 Å². The number of nitrogens with zero attached hydrogens (tertiary/aromatic N) is 1. The maximum Gasteiger partial charge on any atom is 0.123 e. The highest BCUT2D eigenvalue weighted by atomic mass is 16.3. The monoisotopic (exact) mass is 219 g/mol. The van der Waals surface area contributed by atoms with Crippen LogP contribution < -0.4 is 0 Å². The molecule has 2 aromatic heterocycles. The van der Waals surface area contributed by atoms with Crippen molar-refractivity contribution in [3.05, 3.63) is 46.7 Å². The summed E-state index contributed by atoms with van der Waals surface area (Å²) >= 11 is 0. The molecular weight excluding hydrogens is 202 g/mol. The zero-order chi connectivity index (χ0) is 11.7. The average Bonchev–Trinajstić information content (AvgIpc) is 2.77. The van der Waals surface area contributed by atoms with Crippen LogP contribution in [-0.4, -0.2) is 9.67 Å². The van der Waals surface area contributed by atoms with Gasteiger partial charge >= 0.3 is 0 Å². The van der Waals surface area contributed by atoms with Gasteiger partial charge in [0, 0.05) is 11.4 Å². The first-order valence-corrected chi connectivity index (χ1v) is 5.43. The van der Waals surface area contributed by atoms with Crippen LogP contribution in [0.15, 0.2) is 22.6 Å². The molecule has 2 aromatic rings. The third-order valence-electron chi connectivity index (χ3n) is 2.96. The first-order chi connectivity index (χ1) is 7.61. The SMILES string of the molecule is Cc1ccc(Cn2c(C)cc(CO)c2C)o1. The van der Waals surface area contributed by atoms with E-state index in [2.05, 4.69) is 4.57 Å². The highest BCUT2D eigenvalue weighted by Crippen LogP contribution is 2.17. The summed E-state index contributed by atoms with van der Waals surface area (Å²) in [7, 11) is 0. The molecule has 0 aliphatic rings. The maximum absolute atomic E-state index is 9.19. The Hall–Kier alpha value is -1.48. The van der Waals surface area contributed by atoms with Crippen molar-refractivity contribution in [3.8, 4) is 0 Å². The Balaban J connectivity index is 2.30. The summed E-state index contributed by atoms with van der Waals surface area (Å²) in [5.41, 5.74) is 3.24. The van der Waals surface area contributed by atoms with Gasteiger partial charge in [-0.25, -0.2) is 0 Å². The number of aryl methyl sites for hydroxylation is 2. The first-order valence-electron chi connectivity index (χ1n) is 5.43. The summed E-state index contributed by atoms with van der Waals surface area (Å²) in [5.74, 6) is 1.88. The molecule has 2 heterocycles. The van der Waals surface area contributed by atoms with Crippen molar-refractivity contribution >= 4 is 0 Å². The Morgan fingerprint density at radius 1 is 1.25 bits per heavy atom. The highest BCUT2D eigenvalue weighted by Gasteiger charge is 2.09. The lowest BCUT2D eigenvalue weighted by Gasteiger charge is -2.07. The molecule has 86 valence electrons. The molecular formula is C13H17NO2. The van der Waals surface area contributed by atoms with Crippen LogP contribution in [0.25, 0.3) is 0 Å². The van der Waals surface area contributed by atoms with E-state index in [1.54, 1.807) is 0 Å². The Bertz CT molecular complexity index is 494. The van der Waals surface area contributed by atoms with Crippen molar-refractivity contribution in [1.82, 2.24) is 4.57 Å². The number of hydrogen-bond donors (Lipinski definition) is 1. The third-order valence-corrected chi connectivity index (χ3v) is 2.96. The van der Waals surface area contributed by atoms with Crippen LogP contribution >= 0.6 is 0 Å². The lowest BCUT2D eigenvalue weighted by Crippen LogP contribution is -2.03. The van der Waals surface area contributed by atoms with E-state index in [4.69, 9.17) is 4.42 Å². The number of hydrogen-bond acceptors (Lipinski definition) is 2. The molecule has 0 unspecified atom stereocenters. The van der Waals surface area contributed by atoms with Gasteiger partial charge in [-0.1, -0.05) is 0 Å². The van der Waals surface area contributed by atoms with Crippen molar-refractivity contribution in [2.75, 3.05) is 0 Å². The van der Waals surface area contributed by atoms with Crippen molar-refractivity contribution in [2.24, 2.45) is 0 Å². The van der Waals surface area contributed by atoms with Gasteiger partial charge in [-0.05, 0) is 44.5 Å². The fourth-order valence-corrected chi connectivity index (χ4v) is 2.00. The fourth-order valence-electron chi connectivity index (χ4n) is 2.00. The summed E-state index contributed by atoms with van der Waals surface area (Å²) in [6, 6.07) is 5.98. The molecule has 0 aromatic carbocycles. The van der Waals surface area contributed by atoms with Crippen LogP contribution in [0.1, 0.15) is 28.5 Å². The topological polar surface area (TPSA) is 38.3 Å². The molecule has 2 rings (SSSR count). The number of furan rings is 1. The summed E-state index contributed by atoms with van der Waals surface area (Å²) in [5, 5.41) is 9.19. The second-order valence-electron chi connectivity index (χ2n) is 4.15. The lowest BCUT2D eigenvalue weighted by atomic mass is 10.2. The van der Waals surface area contributed by atoms with Gasteiger partial charge in [0.2, 0.25) is 0 Å². The van der Waals surface area contributed by atoms with Gasteiger partial charge in [0.1, 0.15) is 11.5 Å². The molecule has 16 heavy (non-hydrogen) atoms. The second-order valence-corrected chi connectivity index (χ2v) is 4.15. The molecule has 0 spiro atoms. The normalized spacial score (nSPS) is 11.0. The Morgan fingerprint density at radius 2 is 2.00 bits per heavy atom. The average molecular weight is 219 g/mol. The summed E-state index contributed by atoms with van der Waals surface area (Å²) in [6.45, 7) is 6.83. The Morgan fingerprint density at radius 3 is 2.50 bits per heavy atom.